The van der Waals surface area contributed by atoms with Crippen LogP contribution < -0.4 is 5.32 Å². The van der Waals surface area contributed by atoms with Gasteiger partial charge in [0, 0.05) is 6.20 Å². The molecule has 0 aliphatic rings. The van der Waals surface area contributed by atoms with Gasteiger partial charge in [-0.3, -0.25) is 9.78 Å². The Morgan fingerprint density at radius 3 is 2.74 bits per heavy atom. The molecule has 2 aromatic rings. The van der Waals surface area contributed by atoms with Crippen LogP contribution in [0.3, 0.4) is 0 Å². The van der Waals surface area contributed by atoms with Gasteiger partial charge in [0.25, 0.3) is 5.91 Å². The topological polar surface area (TPSA) is 54.9 Å². The van der Waals surface area contributed by atoms with Crippen molar-refractivity contribution in [1.82, 2.24) is 15.3 Å². The Bertz CT molecular complexity index is 590. The SMILES string of the molecule is C[C@H](NC(=O)c1nc(Cl)ccc1Cl)c1ccccn1. The molecule has 1 atom stereocenters. The van der Waals surface area contributed by atoms with Gasteiger partial charge in [0.05, 0.1) is 16.8 Å². The Morgan fingerprint density at radius 1 is 1.26 bits per heavy atom. The number of hydrogen-bond donors (Lipinski definition) is 1. The maximum Gasteiger partial charge on any atom is 0.272 e. The molecule has 1 amide bonds. The van der Waals surface area contributed by atoms with Crippen molar-refractivity contribution < 1.29 is 4.79 Å². The Balaban J connectivity index is 2.15. The van der Waals surface area contributed by atoms with Crippen molar-refractivity contribution in [2.24, 2.45) is 0 Å². The molecule has 19 heavy (non-hydrogen) atoms. The average Bonchev–Trinajstić information content (AvgIpc) is 2.42. The first kappa shape index (κ1) is 13.8. The zero-order valence-electron chi connectivity index (χ0n) is 10.1. The molecule has 0 aliphatic carbocycles. The number of carbonyl (C=O) groups is 1. The molecule has 0 aromatic carbocycles. The fourth-order valence-corrected chi connectivity index (χ4v) is 1.89. The lowest BCUT2D eigenvalue weighted by Crippen LogP contribution is -2.28. The van der Waals surface area contributed by atoms with Gasteiger partial charge in [0.1, 0.15) is 10.8 Å². The highest BCUT2D eigenvalue weighted by Gasteiger charge is 2.16. The highest BCUT2D eigenvalue weighted by molar-refractivity contribution is 6.34. The van der Waals surface area contributed by atoms with Gasteiger partial charge in [-0.1, -0.05) is 29.3 Å². The second-order valence-corrected chi connectivity index (χ2v) is 4.71. The maximum atomic E-state index is 12.1. The number of pyridine rings is 2. The fraction of sp³-hybridized carbons (Fsp3) is 0.154. The molecule has 0 aliphatic heterocycles. The molecule has 2 rings (SSSR count). The molecule has 6 heteroatoms. The number of amides is 1. The minimum Gasteiger partial charge on any atom is -0.343 e. The number of rotatable bonds is 3. The maximum absolute atomic E-state index is 12.1. The molecule has 0 bridgehead atoms. The first-order valence-electron chi connectivity index (χ1n) is 5.62. The standard InChI is InChI=1S/C13H11Cl2N3O/c1-8(10-4-2-3-7-16-10)17-13(19)12-9(14)5-6-11(15)18-12/h2-8H,1H3,(H,17,19)/t8-/m0/s1. The van der Waals surface area contributed by atoms with Crippen molar-refractivity contribution in [2.45, 2.75) is 13.0 Å². The highest BCUT2D eigenvalue weighted by Crippen LogP contribution is 2.18. The van der Waals surface area contributed by atoms with Crippen molar-refractivity contribution in [3.8, 4) is 0 Å². The molecule has 0 unspecified atom stereocenters. The summed E-state index contributed by atoms with van der Waals surface area (Å²) >= 11 is 11.7. The predicted octanol–water partition coefficient (Wildman–Crippen LogP) is 3.27. The lowest BCUT2D eigenvalue weighted by Gasteiger charge is -2.13. The molecule has 0 saturated heterocycles. The monoisotopic (exact) mass is 295 g/mol. The first-order valence-corrected chi connectivity index (χ1v) is 6.37. The number of carbonyl (C=O) groups excluding carboxylic acids is 1. The van der Waals surface area contributed by atoms with Gasteiger partial charge in [0.15, 0.2) is 0 Å². The van der Waals surface area contributed by atoms with Crippen LogP contribution in [0.5, 0.6) is 0 Å². The van der Waals surface area contributed by atoms with Gasteiger partial charge >= 0.3 is 0 Å². The summed E-state index contributed by atoms with van der Waals surface area (Å²) in [6.07, 6.45) is 1.67. The number of nitrogens with zero attached hydrogens (tertiary/aromatic N) is 2. The molecule has 0 radical (unpaired) electrons. The van der Waals surface area contributed by atoms with Gasteiger partial charge in [-0.2, -0.15) is 0 Å². The van der Waals surface area contributed by atoms with Gasteiger partial charge < -0.3 is 5.32 Å². The summed E-state index contributed by atoms with van der Waals surface area (Å²) in [7, 11) is 0. The van der Waals surface area contributed by atoms with Crippen LogP contribution in [0, 0.1) is 0 Å². The van der Waals surface area contributed by atoms with Gasteiger partial charge in [-0.05, 0) is 31.2 Å². The zero-order valence-corrected chi connectivity index (χ0v) is 11.6. The van der Waals surface area contributed by atoms with Crippen LogP contribution in [0.15, 0.2) is 36.5 Å². The number of halogens is 2. The van der Waals surface area contributed by atoms with Crippen LogP contribution in [-0.4, -0.2) is 15.9 Å². The third kappa shape index (κ3) is 3.43. The van der Waals surface area contributed by atoms with Crippen LogP contribution in [0.25, 0.3) is 0 Å². The second kappa shape index (κ2) is 5.99. The summed E-state index contributed by atoms with van der Waals surface area (Å²) in [5.41, 5.74) is 0.867. The van der Waals surface area contributed by atoms with Crippen molar-refractivity contribution in [3.63, 3.8) is 0 Å². The quantitative estimate of drug-likeness (QED) is 0.884. The van der Waals surface area contributed by atoms with E-state index in [9.17, 15) is 4.79 Å². The third-order valence-electron chi connectivity index (χ3n) is 2.51. The summed E-state index contributed by atoms with van der Waals surface area (Å²) in [6.45, 7) is 1.83. The second-order valence-electron chi connectivity index (χ2n) is 3.91. The molecule has 2 aromatic heterocycles. The van der Waals surface area contributed by atoms with Gasteiger partial charge in [-0.25, -0.2) is 4.98 Å². The van der Waals surface area contributed by atoms with Crippen LogP contribution >= 0.6 is 23.2 Å². The Hall–Kier alpha value is -1.65. The Morgan fingerprint density at radius 2 is 2.05 bits per heavy atom. The largest absolute Gasteiger partial charge is 0.343 e. The summed E-state index contributed by atoms with van der Waals surface area (Å²) in [6, 6.07) is 8.33. The average molecular weight is 296 g/mol. The molecule has 2 heterocycles. The van der Waals surface area contributed by atoms with E-state index >= 15 is 0 Å². The normalized spacial score (nSPS) is 11.9. The third-order valence-corrected chi connectivity index (χ3v) is 3.02. The van der Waals surface area contributed by atoms with Crippen LogP contribution in [0.1, 0.15) is 29.1 Å². The lowest BCUT2D eigenvalue weighted by molar-refractivity contribution is 0.0934. The molecule has 1 N–H and O–H groups in total. The molecular formula is C13H11Cl2N3O. The summed E-state index contributed by atoms with van der Waals surface area (Å²) in [5.74, 6) is -0.384. The van der Waals surface area contributed by atoms with Gasteiger partial charge in [0.2, 0.25) is 0 Å². The summed E-state index contributed by atoms with van der Waals surface area (Å²) in [5, 5.41) is 3.26. The Labute approximate surface area is 120 Å². The lowest BCUT2D eigenvalue weighted by atomic mass is 10.2. The molecule has 0 fully saturated rings. The van der Waals surface area contributed by atoms with E-state index in [2.05, 4.69) is 15.3 Å². The van der Waals surface area contributed by atoms with Crippen LogP contribution in [-0.2, 0) is 0 Å². The number of nitrogens with one attached hydrogen (secondary N) is 1. The smallest absolute Gasteiger partial charge is 0.272 e. The highest BCUT2D eigenvalue weighted by atomic mass is 35.5. The molecule has 98 valence electrons. The van der Waals surface area contributed by atoms with E-state index in [4.69, 9.17) is 23.2 Å². The van der Waals surface area contributed by atoms with Crippen molar-refractivity contribution in [2.75, 3.05) is 0 Å². The number of aromatic nitrogens is 2. The van der Waals surface area contributed by atoms with E-state index in [1.165, 1.54) is 12.1 Å². The molecule has 4 nitrogen and oxygen atoms in total. The van der Waals surface area contributed by atoms with Crippen LogP contribution in [0.4, 0.5) is 0 Å². The zero-order chi connectivity index (χ0) is 13.8. The van der Waals surface area contributed by atoms with Crippen molar-refractivity contribution >= 4 is 29.1 Å². The first-order chi connectivity index (χ1) is 9.08. The predicted molar refractivity (Wildman–Crippen MR) is 74.4 cm³/mol. The fourth-order valence-electron chi connectivity index (χ4n) is 1.55. The molecule has 0 spiro atoms. The van der Waals surface area contributed by atoms with E-state index in [0.29, 0.717) is 0 Å². The van der Waals surface area contributed by atoms with E-state index in [-0.39, 0.29) is 27.8 Å². The minimum absolute atomic E-state index is 0.108. The van der Waals surface area contributed by atoms with Crippen LogP contribution in [0.2, 0.25) is 10.2 Å². The molecular weight excluding hydrogens is 285 g/mol. The van der Waals surface area contributed by atoms with Crippen molar-refractivity contribution in [1.29, 1.82) is 0 Å². The summed E-state index contributed by atoms with van der Waals surface area (Å²) in [4.78, 5) is 20.1. The van der Waals surface area contributed by atoms with Crippen molar-refractivity contribution in [3.05, 3.63) is 58.1 Å². The summed E-state index contributed by atoms with van der Waals surface area (Å²) < 4.78 is 0. The Kier molecular flexibility index (Phi) is 4.35. The van der Waals surface area contributed by atoms with E-state index in [1.54, 1.807) is 6.20 Å². The molecule has 0 saturated carbocycles. The van der Waals surface area contributed by atoms with E-state index in [0.717, 1.165) is 5.69 Å². The minimum atomic E-state index is -0.384. The van der Waals surface area contributed by atoms with Gasteiger partial charge in [-0.15, -0.1) is 0 Å². The van der Waals surface area contributed by atoms with E-state index < -0.39 is 0 Å². The van der Waals surface area contributed by atoms with E-state index in [1.807, 2.05) is 25.1 Å². The number of hydrogen-bond acceptors (Lipinski definition) is 3.